The first-order valence-electron chi connectivity index (χ1n) is 6.38. The smallest absolute Gasteiger partial charge is 0.0471 e. The highest BCUT2D eigenvalue weighted by Crippen LogP contribution is 2.23. The average Bonchev–Trinajstić information content (AvgIpc) is 2.38. The van der Waals surface area contributed by atoms with Crippen molar-refractivity contribution in [2.75, 3.05) is 37.0 Å². The lowest BCUT2D eigenvalue weighted by atomic mass is 10.2. The molecule has 0 aromatic heterocycles. The molecule has 4 heteroatoms. The minimum absolute atomic E-state index is 0.849. The number of thioether (sulfide) groups is 1. The van der Waals surface area contributed by atoms with E-state index in [9.17, 15) is 0 Å². The van der Waals surface area contributed by atoms with Gasteiger partial charge in [0.1, 0.15) is 0 Å². The summed E-state index contributed by atoms with van der Waals surface area (Å²) in [4.78, 5) is 2.24. The van der Waals surface area contributed by atoms with Crippen molar-refractivity contribution in [1.29, 1.82) is 0 Å². The Morgan fingerprint density at radius 1 is 1.39 bits per heavy atom. The molecule has 0 fully saturated rings. The van der Waals surface area contributed by atoms with Gasteiger partial charge in [-0.15, -0.1) is 0 Å². The van der Waals surface area contributed by atoms with Gasteiger partial charge in [0.15, 0.2) is 0 Å². The lowest BCUT2D eigenvalue weighted by Crippen LogP contribution is -2.20. The van der Waals surface area contributed by atoms with Gasteiger partial charge in [-0.2, -0.15) is 11.8 Å². The molecule has 0 saturated carbocycles. The summed E-state index contributed by atoms with van der Waals surface area (Å²) >= 11 is 8.18. The molecule has 102 valence electrons. The molecule has 1 rings (SSSR count). The molecule has 0 aliphatic rings. The Bertz CT molecular complexity index is 358. The van der Waals surface area contributed by atoms with Crippen LogP contribution in [0, 0.1) is 0 Å². The lowest BCUT2D eigenvalue weighted by Gasteiger charge is -2.19. The second-order valence-corrected chi connectivity index (χ2v) is 5.76. The van der Waals surface area contributed by atoms with Crippen LogP contribution in [0.2, 0.25) is 5.02 Å². The molecule has 0 atom stereocenters. The molecule has 0 aliphatic heterocycles. The molecule has 0 unspecified atom stereocenters. The topological polar surface area (TPSA) is 15.3 Å². The average molecular weight is 287 g/mol. The molecule has 0 amide bonds. The summed E-state index contributed by atoms with van der Waals surface area (Å²) in [5.74, 6) is 1.13. The Kier molecular flexibility index (Phi) is 7.56. The lowest BCUT2D eigenvalue weighted by molar-refractivity contribution is 0.675. The van der Waals surface area contributed by atoms with Gasteiger partial charge in [-0.1, -0.05) is 24.6 Å². The molecule has 1 N–H and O–H groups in total. The molecule has 0 aliphatic carbocycles. The van der Waals surface area contributed by atoms with E-state index in [1.807, 2.05) is 11.8 Å². The maximum absolute atomic E-state index is 6.31. The number of anilines is 1. The summed E-state index contributed by atoms with van der Waals surface area (Å²) in [6.45, 7) is 5.09. The van der Waals surface area contributed by atoms with Crippen LogP contribution < -0.4 is 10.2 Å². The van der Waals surface area contributed by atoms with E-state index >= 15 is 0 Å². The molecule has 0 bridgehead atoms. The Balaban J connectivity index is 2.60. The molecule has 1 aromatic carbocycles. The molecule has 18 heavy (non-hydrogen) atoms. The highest BCUT2D eigenvalue weighted by molar-refractivity contribution is 7.98. The van der Waals surface area contributed by atoms with Crippen LogP contribution in [0.25, 0.3) is 0 Å². The Morgan fingerprint density at radius 3 is 2.78 bits per heavy atom. The van der Waals surface area contributed by atoms with E-state index in [2.05, 4.69) is 48.6 Å². The van der Waals surface area contributed by atoms with Crippen molar-refractivity contribution in [2.24, 2.45) is 0 Å². The number of nitrogens with one attached hydrogen (secondary N) is 1. The molecule has 0 heterocycles. The van der Waals surface area contributed by atoms with Crippen molar-refractivity contribution in [3.8, 4) is 0 Å². The molecule has 2 nitrogen and oxygen atoms in total. The zero-order chi connectivity index (χ0) is 13.4. The fourth-order valence-corrected chi connectivity index (χ4v) is 2.37. The molecular weight excluding hydrogens is 264 g/mol. The first kappa shape index (κ1) is 15.7. The van der Waals surface area contributed by atoms with Crippen LogP contribution in [0.4, 0.5) is 5.69 Å². The fourth-order valence-electron chi connectivity index (χ4n) is 1.67. The first-order valence-corrected chi connectivity index (χ1v) is 8.15. The van der Waals surface area contributed by atoms with Gasteiger partial charge in [0.2, 0.25) is 0 Å². The zero-order valence-corrected chi connectivity index (χ0v) is 13.1. The molecule has 0 spiro atoms. The summed E-state index contributed by atoms with van der Waals surface area (Å²) in [5, 5.41) is 4.23. The van der Waals surface area contributed by atoms with Gasteiger partial charge in [-0.05, 0) is 36.9 Å². The zero-order valence-electron chi connectivity index (χ0n) is 11.5. The van der Waals surface area contributed by atoms with Crippen molar-refractivity contribution in [3.63, 3.8) is 0 Å². The Labute approximate surface area is 120 Å². The van der Waals surface area contributed by atoms with Crippen LogP contribution in [0.5, 0.6) is 0 Å². The van der Waals surface area contributed by atoms with E-state index in [-0.39, 0.29) is 0 Å². The van der Waals surface area contributed by atoms with Crippen molar-refractivity contribution < 1.29 is 0 Å². The second-order valence-electron chi connectivity index (χ2n) is 4.37. The molecule has 0 radical (unpaired) electrons. The van der Waals surface area contributed by atoms with Crippen molar-refractivity contribution >= 4 is 29.1 Å². The van der Waals surface area contributed by atoms with Gasteiger partial charge < -0.3 is 10.2 Å². The van der Waals surface area contributed by atoms with Crippen LogP contribution in [0.1, 0.15) is 18.9 Å². The quantitative estimate of drug-likeness (QED) is 0.735. The van der Waals surface area contributed by atoms with Crippen molar-refractivity contribution in [1.82, 2.24) is 5.32 Å². The van der Waals surface area contributed by atoms with Crippen LogP contribution in [-0.4, -0.2) is 32.1 Å². The largest absolute Gasteiger partial charge is 0.374 e. The second kappa shape index (κ2) is 8.68. The summed E-state index contributed by atoms with van der Waals surface area (Å²) in [6, 6.07) is 6.33. The van der Waals surface area contributed by atoms with E-state index in [1.165, 1.54) is 11.3 Å². The van der Waals surface area contributed by atoms with E-state index < -0.39 is 0 Å². The summed E-state index contributed by atoms with van der Waals surface area (Å²) in [5.41, 5.74) is 2.36. The number of rotatable bonds is 8. The van der Waals surface area contributed by atoms with E-state index in [1.54, 1.807) is 0 Å². The van der Waals surface area contributed by atoms with Crippen LogP contribution in [0.15, 0.2) is 18.2 Å². The molecule has 0 saturated heterocycles. The first-order chi connectivity index (χ1) is 8.69. The predicted octanol–water partition coefficient (Wildman–Crippen LogP) is 3.64. The summed E-state index contributed by atoms with van der Waals surface area (Å²) in [6.07, 6.45) is 3.27. The summed E-state index contributed by atoms with van der Waals surface area (Å²) < 4.78 is 0. The van der Waals surface area contributed by atoms with E-state index in [0.717, 1.165) is 36.8 Å². The molecule has 1 aromatic rings. The normalized spacial score (nSPS) is 10.7. The van der Waals surface area contributed by atoms with Crippen molar-refractivity contribution in [2.45, 2.75) is 19.9 Å². The van der Waals surface area contributed by atoms with Gasteiger partial charge in [0, 0.05) is 36.6 Å². The van der Waals surface area contributed by atoms with Gasteiger partial charge in [0.25, 0.3) is 0 Å². The van der Waals surface area contributed by atoms with Crippen LogP contribution >= 0.6 is 23.4 Å². The van der Waals surface area contributed by atoms with Gasteiger partial charge in [0.05, 0.1) is 0 Å². The maximum atomic E-state index is 6.31. The number of hydrogen-bond acceptors (Lipinski definition) is 3. The summed E-state index contributed by atoms with van der Waals surface area (Å²) in [7, 11) is 2.11. The van der Waals surface area contributed by atoms with Crippen molar-refractivity contribution in [3.05, 3.63) is 28.8 Å². The number of halogens is 1. The SMILES string of the molecule is CCCNCc1ccc(N(C)CCSC)cc1Cl. The third-order valence-corrected chi connectivity index (χ3v) is 3.79. The fraction of sp³-hybridized carbons (Fsp3) is 0.571. The monoisotopic (exact) mass is 286 g/mol. The third-order valence-electron chi connectivity index (χ3n) is 2.85. The minimum Gasteiger partial charge on any atom is -0.374 e. The van der Waals surface area contributed by atoms with Crippen LogP contribution in [-0.2, 0) is 6.54 Å². The predicted molar refractivity (Wildman–Crippen MR) is 85.1 cm³/mol. The van der Waals surface area contributed by atoms with Gasteiger partial charge >= 0.3 is 0 Å². The minimum atomic E-state index is 0.849. The molecular formula is C14H23ClN2S. The van der Waals surface area contributed by atoms with E-state index in [0.29, 0.717) is 0 Å². The van der Waals surface area contributed by atoms with E-state index in [4.69, 9.17) is 11.6 Å². The Hall–Kier alpha value is -0.380. The highest BCUT2D eigenvalue weighted by Gasteiger charge is 2.05. The Morgan fingerprint density at radius 2 is 2.17 bits per heavy atom. The van der Waals surface area contributed by atoms with Gasteiger partial charge in [-0.25, -0.2) is 0 Å². The van der Waals surface area contributed by atoms with Gasteiger partial charge in [-0.3, -0.25) is 0 Å². The van der Waals surface area contributed by atoms with Crippen LogP contribution in [0.3, 0.4) is 0 Å². The number of benzene rings is 1. The highest BCUT2D eigenvalue weighted by atomic mass is 35.5. The third kappa shape index (κ3) is 5.09. The number of nitrogens with zero attached hydrogens (tertiary/aromatic N) is 1. The number of hydrogen-bond donors (Lipinski definition) is 1. The maximum Gasteiger partial charge on any atom is 0.0471 e. The standard InChI is InChI=1S/C14H23ClN2S/c1-4-7-16-11-12-5-6-13(10-14(12)15)17(2)8-9-18-3/h5-6,10,16H,4,7-9,11H2,1-3H3.